The number of likely N-dealkylation sites (tertiary alicyclic amines) is 1. The van der Waals surface area contributed by atoms with Crippen molar-refractivity contribution in [3.05, 3.63) is 65.2 Å². The summed E-state index contributed by atoms with van der Waals surface area (Å²) in [5.74, 6) is -1.61. The molecule has 3 amide bonds. The van der Waals surface area contributed by atoms with E-state index in [1.165, 1.54) is 27.7 Å². The quantitative estimate of drug-likeness (QED) is 0.623. The lowest BCUT2D eigenvalue weighted by atomic mass is 9.90. The summed E-state index contributed by atoms with van der Waals surface area (Å²) < 4.78 is 16.1. The number of carbonyl (C=O) groups is 2. The second kappa shape index (κ2) is 8.89. The van der Waals surface area contributed by atoms with Crippen molar-refractivity contribution in [2.24, 2.45) is 17.6 Å². The molecule has 1 aliphatic heterocycles. The van der Waals surface area contributed by atoms with E-state index in [1.54, 1.807) is 24.4 Å². The van der Waals surface area contributed by atoms with Crippen LogP contribution in [0.1, 0.15) is 12.8 Å². The first-order valence-electron chi connectivity index (χ1n) is 10.3. The molecular formula is C22H25FN5O3. The molecule has 0 bridgehead atoms. The Morgan fingerprint density at radius 2 is 2.03 bits per heavy atom. The lowest BCUT2D eigenvalue weighted by Gasteiger charge is -2.23. The third kappa shape index (κ3) is 4.93. The molecule has 1 radical (unpaired) electrons. The number of benzene rings is 1. The second-order valence-electron chi connectivity index (χ2n) is 7.99. The van der Waals surface area contributed by atoms with Gasteiger partial charge in [-0.05, 0) is 43.4 Å². The summed E-state index contributed by atoms with van der Waals surface area (Å²) >= 11 is 0. The highest BCUT2D eigenvalue weighted by Crippen LogP contribution is 2.27. The molecule has 1 aromatic heterocycles. The number of carbonyl (C=O) groups excluding carboxylic acids is 2. The van der Waals surface area contributed by atoms with Gasteiger partial charge in [0.1, 0.15) is 5.82 Å². The average Bonchev–Trinajstić information content (AvgIpc) is 3.44. The average molecular weight is 426 g/mol. The first-order chi connectivity index (χ1) is 14.9. The largest absolute Gasteiger partial charge is 0.351 e. The summed E-state index contributed by atoms with van der Waals surface area (Å²) in [5, 5.41) is 6.02. The predicted molar refractivity (Wildman–Crippen MR) is 114 cm³/mol. The zero-order chi connectivity index (χ0) is 22.0. The molecule has 8 nitrogen and oxygen atoms in total. The molecule has 1 saturated heterocycles. The summed E-state index contributed by atoms with van der Waals surface area (Å²) in [6.45, 7) is 1.18. The highest BCUT2D eigenvalue weighted by atomic mass is 19.1. The molecule has 9 heteroatoms. The third-order valence-corrected chi connectivity index (χ3v) is 5.74. The second-order valence-corrected chi connectivity index (χ2v) is 7.99. The van der Waals surface area contributed by atoms with E-state index in [9.17, 15) is 18.8 Å². The number of halogens is 1. The topological polar surface area (TPSA) is 109 Å². The maximum Gasteiger partial charge on any atom is 0.314 e. The Labute approximate surface area is 179 Å². The Balaban J connectivity index is 1.49. The Morgan fingerprint density at radius 1 is 1.23 bits per heavy atom. The summed E-state index contributed by atoms with van der Waals surface area (Å²) in [6, 6.07) is 8.80. The summed E-state index contributed by atoms with van der Waals surface area (Å²) in [5.41, 5.74) is 5.49. The molecule has 1 aromatic carbocycles. The number of rotatable bonds is 7. The minimum absolute atomic E-state index is 0.0407. The van der Waals surface area contributed by atoms with Gasteiger partial charge in [-0.1, -0.05) is 6.07 Å². The summed E-state index contributed by atoms with van der Waals surface area (Å²) in [4.78, 5) is 37.9. The maximum atomic E-state index is 14.7. The zero-order valence-corrected chi connectivity index (χ0v) is 17.0. The molecule has 31 heavy (non-hydrogen) atoms. The number of anilines is 1. The third-order valence-electron chi connectivity index (χ3n) is 5.74. The smallest absolute Gasteiger partial charge is 0.314 e. The monoisotopic (exact) mass is 426 g/mol. The Kier molecular flexibility index (Phi) is 6.03. The van der Waals surface area contributed by atoms with Gasteiger partial charge < -0.3 is 21.3 Å². The van der Waals surface area contributed by atoms with Crippen molar-refractivity contribution >= 4 is 17.6 Å². The molecule has 0 spiro atoms. The van der Waals surface area contributed by atoms with E-state index in [4.69, 9.17) is 5.73 Å². The van der Waals surface area contributed by atoms with E-state index in [2.05, 4.69) is 10.6 Å². The first kappa shape index (κ1) is 21.0. The van der Waals surface area contributed by atoms with E-state index in [-0.39, 0.29) is 23.1 Å². The number of hydrogen-bond donors (Lipinski definition) is 3. The van der Waals surface area contributed by atoms with Crippen LogP contribution in [0, 0.1) is 24.1 Å². The van der Waals surface area contributed by atoms with Crippen molar-refractivity contribution < 1.29 is 14.0 Å². The molecule has 1 aliphatic carbocycles. The predicted octanol–water partition coefficient (Wildman–Crippen LogP) is 1.50. The van der Waals surface area contributed by atoms with Crippen molar-refractivity contribution in [1.82, 2.24) is 14.8 Å². The van der Waals surface area contributed by atoms with E-state index >= 15 is 0 Å². The molecule has 1 unspecified atom stereocenters. The number of pyridine rings is 1. The molecule has 163 valence electrons. The number of nitrogens with one attached hydrogen (secondary N) is 2. The van der Waals surface area contributed by atoms with Crippen LogP contribution in [0.2, 0.25) is 0 Å². The summed E-state index contributed by atoms with van der Waals surface area (Å²) in [7, 11) is 0. The summed E-state index contributed by atoms with van der Waals surface area (Å²) in [6.07, 6.45) is 5.61. The molecule has 1 saturated carbocycles. The van der Waals surface area contributed by atoms with Crippen LogP contribution in [0.15, 0.2) is 47.4 Å². The van der Waals surface area contributed by atoms with Crippen molar-refractivity contribution in [2.45, 2.75) is 18.9 Å². The van der Waals surface area contributed by atoms with Crippen LogP contribution in [0.4, 0.5) is 14.9 Å². The van der Waals surface area contributed by atoms with Gasteiger partial charge in [-0.3, -0.25) is 14.2 Å². The van der Waals surface area contributed by atoms with E-state index < -0.39 is 17.8 Å². The van der Waals surface area contributed by atoms with Gasteiger partial charge in [-0.2, -0.15) is 0 Å². The standard InChI is InChI=1S/C22H25FN5O3/c23-18-11-16(28-9-2-1-3-20(28)29)6-7-19(18)26-21(30)17(12-25-15-4-5-15)14-8-10-27(13-14)22(24)31/h1-3,6-9,11,14-15,17,25H,4-5,10,12-13H2,(H2,24,31)(H,26,30)/t14-,17?/m1/s1. The number of nitrogens with two attached hydrogens (primary N) is 1. The molecule has 2 heterocycles. The number of urea groups is 1. The van der Waals surface area contributed by atoms with Gasteiger partial charge in [0.2, 0.25) is 5.91 Å². The molecule has 4 N–H and O–H groups in total. The van der Waals surface area contributed by atoms with Gasteiger partial charge >= 0.3 is 6.03 Å². The highest BCUT2D eigenvalue weighted by molar-refractivity contribution is 5.93. The SMILES string of the molecule is NC(=O)N1C[CH][C@@H](C(CNC2CC2)C(=O)Nc2ccc(-n3ccccc3=O)cc2F)C1. The number of aromatic nitrogens is 1. The Bertz CT molecular complexity index is 1040. The van der Waals surface area contributed by atoms with E-state index in [1.807, 2.05) is 6.42 Å². The molecule has 4 rings (SSSR count). The number of hydrogen-bond acceptors (Lipinski definition) is 4. The van der Waals surface area contributed by atoms with Crippen molar-refractivity contribution in [3.63, 3.8) is 0 Å². The minimum Gasteiger partial charge on any atom is -0.351 e. The van der Waals surface area contributed by atoms with Gasteiger partial charge in [-0.15, -0.1) is 0 Å². The van der Waals surface area contributed by atoms with E-state index in [0.29, 0.717) is 31.4 Å². The zero-order valence-electron chi connectivity index (χ0n) is 17.0. The molecular weight excluding hydrogens is 401 g/mol. The van der Waals surface area contributed by atoms with Crippen LogP contribution >= 0.6 is 0 Å². The van der Waals surface area contributed by atoms with Crippen molar-refractivity contribution in [2.75, 3.05) is 25.0 Å². The fraction of sp³-hybridized carbons (Fsp3) is 0.364. The normalized spacial score (nSPS) is 19.3. The van der Waals surface area contributed by atoms with Crippen LogP contribution < -0.4 is 21.9 Å². The number of nitrogens with zero attached hydrogens (tertiary/aromatic N) is 2. The van der Waals surface area contributed by atoms with Crippen molar-refractivity contribution in [3.8, 4) is 5.69 Å². The highest BCUT2D eigenvalue weighted by Gasteiger charge is 2.36. The number of amides is 3. The minimum atomic E-state index is -0.635. The first-order valence-corrected chi connectivity index (χ1v) is 10.3. The van der Waals surface area contributed by atoms with Crippen LogP contribution in [0.3, 0.4) is 0 Å². The lowest BCUT2D eigenvalue weighted by molar-refractivity contribution is -0.120. The van der Waals surface area contributed by atoms with E-state index in [0.717, 1.165) is 12.8 Å². The van der Waals surface area contributed by atoms with Gasteiger partial charge in [0.15, 0.2) is 0 Å². The lowest BCUT2D eigenvalue weighted by Crippen LogP contribution is -2.40. The fourth-order valence-corrected chi connectivity index (χ4v) is 3.78. The Morgan fingerprint density at radius 3 is 2.68 bits per heavy atom. The molecule has 2 atom stereocenters. The van der Waals surface area contributed by atoms with Crippen LogP contribution in [0.25, 0.3) is 5.69 Å². The maximum absolute atomic E-state index is 14.7. The van der Waals surface area contributed by atoms with Gasteiger partial charge in [0.05, 0.1) is 17.3 Å². The van der Waals surface area contributed by atoms with Crippen LogP contribution in [-0.2, 0) is 4.79 Å². The van der Waals surface area contributed by atoms with Crippen molar-refractivity contribution in [1.29, 1.82) is 0 Å². The van der Waals surface area contributed by atoms with Gasteiger partial charge in [-0.25, -0.2) is 9.18 Å². The number of primary amides is 1. The van der Waals surface area contributed by atoms with Crippen LogP contribution in [-0.4, -0.2) is 47.1 Å². The molecule has 2 aliphatic rings. The molecule has 2 aromatic rings. The van der Waals surface area contributed by atoms with Gasteiger partial charge in [0, 0.05) is 44.0 Å². The van der Waals surface area contributed by atoms with Crippen LogP contribution in [0.5, 0.6) is 0 Å². The van der Waals surface area contributed by atoms with Gasteiger partial charge in [0.25, 0.3) is 5.56 Å². The fourth-order valence-electron chi connectivity index (χ4n) is 3.78. The molecule has 2 fully saturated rings. The Hall–Kier alpha value is -3.20.